The minimum atomic E-state index is -0.438. The molecule has 0 amide bonds. The summed E-state index contributed by atoms with van der Waals surface area (Å²) in [5.74, 6) is 0.488. The number of benzene rings is 1. The van der Waals surface area contributed by atoms with Crippen LogP contribution in [-0.4, -0.2) is 5.97 Å². The first kappa shape index (κ1) is 12.7. The summed E-state index contributed by atoms with van der Waals surface area (Å²) in [6.07, 6.45) is 0.756. The molecular weight excluding hydrogens is 228 g/mol. The van der Waals surface area contributed by atoms with Gasteiger partial charge in [0.05, 0.1) is 5.41 Å². The summed E-state index contributed by atoms with van der Waals surface area (Å²) in [6.45, 7) is 5.93. The quantitative estimate of drug-likeness (QED) is 0.768. The normalized spacial score (nSPS) is 11.7. The van der Waals surface area contributed by atoms with Gasteiger partial charge in [-0.05, 0) is 32.4 Å². The fourth-order valence-electron chi connectivity index (χ4n) is 1.58. The predicted molar refractivity (Wildman–Crippen MR) is 70.1 cm³/mol. The monoisotopic (exact) mass is 246 g/mol. The Morgan fingerprint density at radius 2 is 2.06 bits per heavy atom. The lowest BCUT2D eigenvalue weighted by Gasteiger charge is -2.19. The van der Waals surface area contributed by atoms with Gasteiger partial charge in [-0.3, -0.25) is 4.79 Å². The van der Waals surface area contributed by atoms with Crippen LogP contribution in [0.1, 0.15) is 33.0 Å². The van der Waals surface area contributed by atoms with Crippen molar-refractivity contribution in [1.82, 2.24) is 0 Å². The third-order valence-corrected chi connectivity index (χ3v) is 3.26. The molecule has 0 bridgehead atoms. The summed E-state index contributed by atoms with van der Waals surface area (Å²) >= 11 is 0. The minimum absolute atomic E-state index is 0.189. The number of hydrogen-bond donors (Lipinski definition) is 0. The average Bonchev–Trinajstić information content (AvgIpc) is 2.78. The second-order valence-electron chi connectivity index (χ2n) is 5.06. The van der Waals surface area contributed by atoms with Crippen molar-refractivity contribution >= 4 is 16.9 Å². The minimum Gasteiger partial charge on any atom is -0.457 e. The van der Waals surface area contributed by atoms with Crippen molar-refractivity contribution in [3.8, 4) is 0 Å². The lowest BCUT2D eigenvalue weighted by Crippen LogP contribution is -2.25. The Labute approximate surface area is 107 Å². The second-order valence-corrected chi connectivity index (χ2v) is 5.06. The molecule has 2 rings (SSSR count). The van der Waals surface area contributed by atoms with Crippen LogP contribution in [0.2, 0.25) is 0 Å². The highest BCUT2D eigenvalue weighted by Crippen LogP contribution is 2.24. The van der Waals surface area contributed by atoms with Crippen LogP contribution < -0.4 is 0 Å². The zero-order chi connectivity index (χ0) is 13.2. The van der Waals surface area contributed by atoms with Crippen molar-refractivity contribution in [1.29, 1.82) is 0 Å². The largest absolute Gasteiger partial charge is 0.457 e. The number of carbonyl (C=O) groups excluding carboxylic acids is 1. The summed E-state index contributed by atoms with van der Waals surface area (Å²) in [5.41, 5.74) is 0.379. The van der Waals surface area contributed by atoms with Crippen molar-refractivity contribution < 1.29 is 13.9 Å². The molecule has 2 aromatic rings. The Kier molecular flexibility index (Phi) is 3.41. The summed E-state index contributed by atoms with van der Waals surface area (Å²) in [5, 5.41) is 1.03. The van der Waals surface area contributed by atoms with Gasteiger partial charge >= 0.3 is 5.97 Å². The SMILES string of the molecule is CCC(C)(C)C(=O)OCc1cc2ccccc2o1. The fourth-order valence-corrected chi connectivity index (χ4v) is 1.58. The molecule has 0 aliphatic heterocycles. The van der Waals surface area contributed by atoms with Crippen molar-refractivity contribution in [3.05, 3.63) is 36.1 Å². The van der Waals surface area contributed by atoms with E-state index in [2.05, 4.69) is 0 Å². The second kappa shape index (κ2) is 4.84. The van der Waals surface area contributed by atoms with Crippen LogP contribution in [0, 0.1) is 5.41 Å². The molecule has 0 aliphatic rings. The zero-order valence-corrected chi connectivity index (χ0v) is 11.0. The Morgan fingerprint density at radius 3 is 2.72 bits per heavy atom. The number of para-hydroxylation sites is 1. The predicted octanol–water partition coefficient (Wildman–Crippen LogP) is 3.91. The molecule has 18 heavy (non-hydrogen) atoms. The van der Waals surface area contributed by atoms with Gasteiger partial charge in [0.25, 0.3) is 0 Å². The maximum atomic E-state index is 11.8. The fraction of sp³-hybridized carbons (Fsp3) is 0.400. The van der Waals surface area contributed by atoms with Gasteiger partial charge in [-0.15, -0.1) is 0 Å². The van der Waals surface area contributed by atoms with E-state index >= 15 is 0 Å². The molecule has 0 atom stereocenters. The van der Waals surface area contributed by atoms with E-state index in [9.17, 15) is 4.79 Å². The number of fused-ring (bicyclic) bond motifs is 1. The zero-order valence-electron chi connectivity index (χ0n) is 11.0. The number of rotatable bonds is 4. The van der Waals surface area contributed by atoms with E-state index in [4.69, 9.17) is 9.15 Å². The average molecular weight is 246 g/mol. The van der Waals surface area contributed by atoms with E-state index in [1.54, 1.807) is 0 Å². The molecule has 3 nitrogen and oxygen atoms in total. The van der Waals surface area contributed by atoms with Crippen LogP contribution in [0.25, 0.3) is 11.0 Å². The van der Waals surface area contributed by atoms with Gasteiger partial charge in [0.1, 0.15) is 18.0 Å². The number of ether oxygens (including phenoxy) is 1. The Hall–Kier alpha value is -1.77. The summed E-state index contributed by atoms with van der Waals surface area (Å²) in [4.78, 5) is 11.8. The standard InChI is InChI=1S/C15H18O3/c1-4-15(2,3)14(16)17-10-12-9-11-7-5-6-8-13(11)18-12/h5-9H,4,10H2,1-3H3. The maximum Gasteiger partial charge on any atom is 0.311 e. The lowest BCUT2D eigenvalue weighted by molar-refractivity contribution is -0.156. The molecule has 1 aromatic heterocycles. The Balaban J connectivity index is 2.04. The van der Waals surface area contributed by atoms with E-state index in [0.29, 0.717) is 5.76 Å². The highest BCUT2D eigenvalue weighted by molar-refractivity contribution is 5.78. The number of hydrogen-bond acceptors (Lipinski definition) is 3. The van der Waals surface area contributed by atoms with Crippen LogP contribution in [0.5, 0.6) is 0 Å². The number of furan rings is 1. The molecule has 0 unspecified atom stereocenters. The topological polar surface area (TPSA) is 39.4 Å². The van der Waals surface area contributed by atoms with Gasteiger partial charge in [-0.1, -0.05) is 25.1 Å². The molecule has 0 aliphatic carbocycles. The first-order valence-electron chi connectivity index (χ1n) is 6.17. The van der Waals surface area contributed by atoms with Crippen LogP contribution in [-0.2, 0) is 16.1 Å². The van der Waals surface area contributed by atoms with Gasteiger partial charge in [0, 0.05) is 5.39 Å². The van der Waals surface area contributed by atoms with Crippen LogP contribution in [0.15, 0.2) is 34.7 Å². The Morgan fingerprint density at radius 1 is 1.33 bits per heavy atom. The first-order chi connectivity index (χ1) is 8.53. The summed E-state index contributed by atoms with van der Waals surface area (Å²) < 4.78 is 10.9. The van der Waals surface area contributed by atoms with E-state index in [1.807, 2.05) is 51.1 Å². The molecule has 0 saturated carbocycles. The molecule has 3 heteroatoms. The van der Waals surface area contributed by atoms with Gasteiger partial charge in [-0.25, -0.2) is 0 Å². The van der Waals surface area contributed by atoms with Crippen LogP contribution in [0.4, 0.5) is 0 Å². The smallest absolute Gasteiger partial charge is 0.311 e. The molecule has 0 fully saturated rings. The molecular formula is C15H18O3. The van der Waals surface area contributed by atoms with Gasteiger partial charge in [0.15, 0.2) is 0 Å². The first-order valence-corrected chi connectivity index (χ1v) is 6.17. The van der Waals surface area contributed by atoms with Crippen LogP contribution >= 0.6 is 0 Å². The summed E-state index contributed by atoms with van der Waals surface area (Å²) in [6, 6.07) is 9.65. The third kappa shape index (κ3) is 2.55. The highest BCUT2D eigenvalue weighted by atomic mass is 16.5. The van der Waals surface area contributed by atoms with Gasteiger partial charge in [-0.2, -0.15) is 0 Å². The molecule has 1 heterocycles. The van der Waals surface area contributed by atoms with Crippen LogP contribution in [0.3, 0.4) is 0 Å². The van der Waals surface area contributed by atoms with Crippen molar-refractivity contribution in [2.45, 2.75) is 33.8 Å². The maximum absolute atomic E-state index is 11.8. The molecule has 0 spiro atoms. The molecule has 0 radical (unpaired) electrons. The summed E-state index contributed by atoms with van der Waals surface area (Å²) in [7, 11) is 0. The van der Waals surface area contributed by atoms with E-state index < -0.39 is 5.41 Å². The van der Waals surface area contributed by atoms with Crippen molar-refractivity contribution in [2.75, 3.05) is 0 Å². The molecule has 0 saturated heterocycles. The molecule has 0 N–H and O–H groups in total. The number of carbonyl (C=O) groups is 1. The Bertz CT molecular complexity index is 519. The van der Waals surface area contributed by atoms with Gasteiger partial charge in [0.2, 0.25) is 0 Å². The highest BCUT2D eigenvalue weighted by Gasteiger charge is 2.27. The van der Waals surface area contributed by atoms with E-state index in [1.165, 1.54) is 0 Å². The molecule has 96 valence electrons. The lowest BCUT2D eigenvalue weighted by atomic mass is 9.91. The van der Waals surface area contributed by atoms with E-state index in [-0.39, 0.29) is 12.6 Å². The van der Waals surface area contributed by atoms with Crippen molar-refractivity contribution in [3.63, 3.8) is 0 Å². The number of esters is 1. The van der Waals surface area contributed by atoms with Crippen molar-refractivity contribution in [2.24, 2.45) is 5.41 Å². The van der Waals surface area contributed by atoms with Gasteiger partial charge < -0.3 is 9.15 Å². The van der Waals surface area contributed by atoms with E-state index in [0.717, 1.165) is 17.4 Å². The third-order valence-electron chi connectivity index (χ3n) is 3.26. The molecule has 1 aromatic carbocycles.